The quantitative estimate of drug-likeness (QED) is 0.0504. The predicted octanol–water partition coefficient (Wildman–Crippen LogP) is -1.55. The summed E-state index contributed by atoms with van der Waals surface area (Å²) < 4.78 is 34.0. The van der Waals surface area contributed by atoms with Gasteiger partial charge in [0.15, 0.2) is 18.7 Å². The van der Waals surface area contributed by atoms with Crippen LogP contribution in [0.1, 0.15) is 63.1 Å². The van der Waals surface area contributed by atoms with Gasteiger partial charge in [-0.2, -0.15) is 0 Å². The largest absolute Gasteiger partial charge is 0.391 e. The number of H-pyrrole nitrogens is 3. The van der Waals surface area contributed by atoms with Gasteiger partial charge in [-0.3, -0.25) is 57.0 Å². The molecule has 4 saturated heterocycles. The molecule has 8 rings (SSSR count). The molecule has 4 unspecified atom stereocenters. The number of methoxy groups -OCH3 is 1. The highest BCUT2D eigenvalue weighted by atomic mass is 31.2. The van der Waals surface area contributed by atoms with Crippen molar-refractivity contribution in [3.05, 3.63) is 132 Å². The van der Waals surface area contributed by atoms with Gasteiger partial charge in [-0.05, 0) is 104 Å². The molecule has 0 radical (unpaired) electrons. The zero-order chi connectivity index (χ0) is 66.3. The molecule has 8 heterocycles. The van der Waals surface area contributed by atoms with Gasteiger partial charge in [0.05, 0.1) is 42.7 Å². The van der Waals surface area contributed by atoms with Crippen molar-refractivity contribution in [2.75, 3.05) is 85.1 Å². The van der Waals surface area contributed by atoms with Crippen LogP contribution in [-0.4, -0.2) is 251 Å². The fourth-order valence-electron chi connectivity index (χ4n) is 10.1. The van der Waals surface area contributed by atoms with Gasteiger partial charge < -0.3 is 59.4 Å². The van der Waals surface area contributed by atoms with Gasteiger partial charge in [-0.1, -0.05) is 6.92 Å². The number of nitrogens with zero attached hydrogens (tertiary/aromatic N) is 5. The number of aliphatic hydroxyl groups is 7. The predicted molar refractivity (Wildman–Crippen MR) is 349 cm³/mol. The zero-order valence-electron chi connectivity index (χ0n) is 51.9. The minimum atomic E-state index is -1.31. The van der Waals surface area contributed by atoms with Crippen molar-refractivity contribution in [2.45, 2.75) is 131 Å². The molecule has 16 atom stereocenters. The van der Waals surface area contributed by atoms with Crippen molar-refractivity contribution in [1.82, 2.24) is 37.8 Å². The Kier molecular flexibility index (Phi) is 25.9. The number of aromatic nitrogens is 8. The van der Waals surface area contributed by atoms with E-state index in [9.17, 15) is 69.0 Å². The maximum Gasteiger partial charge on any atom is 0.332 e. The van der Waals surface area contributed by atoms with Crippen molar-refractivity contribution in [2.24, 2.45) is 13.0 Å². The Labute approximate surface area is 509 Å². The Balaban J connectivity index is 0.000000214. The summed E-state index contributed by atoms with van der Waals surface area (Å²) in [5.41, 5.74) is -4.53. The molecule has 0 aliphatic carbocycles. The smallest absolute Gasteiger partial charge is 0.332 e. The highest BCUT2D eigenvalue weighted by molar-refractivity contribution is 7.73. The Hall–Kier alpha value is -4.56. The molecule has 0 spiro atoms. The number of rotatable bonds is 18. The molecule has 4 aliphatic heterocycles. The van der Waals surface area contributed by atoms with E-state index in [2.05, 4.69) is 93.5 Å². The summed E-state index contributed by atoms with van der Waals surface area (Å²) in [6.45, 7) is 13.1. The monoisotopic (exact) mass is 1320 g/mol. The van der Waals surface area contributed by atoms with Crippen molar-refractivity contribution < 1.29 is 59.4 Å². The van der Waals surface area contributed by atoms with Gasteiger partial charge in [-0.25, -0.2) is 19.2 Å². The molecule has 4 aliphatic rings. The van der Waals surface area contributed by atoms with Crippen molar-refractivity contribution >= 4 is 52.7 Å². The fraction of sp³-hybridized carbons (Fsp3) is 0.643. The summed E-state index contributed by atoms with van der Waals surface area (Å²) in [6.07, 6.45) is 15.4. The molecule has 32 heteroatoms. The summed E-state index contributed by atoms with van der Waals surface area (Å²) in [7, 11) is 2.81. The Morgan fingerprint density at radius 2 is 0.864 bits per heavy atom. The lowest BCUT2D eigenvalue weighted by atomic mass is 10.0. The highest BCUT2D eigenvalue weighted by Gasteiger charge is 2.47. The third-order valence-electron chi connectivity index (χ3n) is 15.2. The van der Waals surface area contributed by atoms with E-state index >= 15 is 0 Å². The van der Waals surface area contributed by atoms with Crippen LogP contribution in [0.5, 0.6) is 0 Å². The normalized spacial score (nSPS) is 28.9. The van der Waals surface area contributed by atoms with Crippen molar-refractivity contribution in [3.63, 3.8) is 0 Å². The van der Waals surface area contributed by atoms with Gasteiger partial charge in [0, 0.05) is 63.1 Å². The summed E-state index contributed by atoms with van der Waals surface area (Å²) >= 11 is 0. The van der Waals surface area contributed by atoms with Gasteiger partial charge in [0.1, 0.15) is 42.9 Å². The topological polar surface area (TPSA) is 396 Å². The van der Waals surface area contributed by atoms with Crippen LogP contribution in [0.25, 0.3) is 0 Å². The van der Waals surface area contributed by atoms with E-state index in [-0.39, 0.29) is 17.6 Å². The average Bonchev–Trinajstić information content (AvgIpc) is 4.33. The summed E-state index contributed by atoms with van der Waals surface area (Å²) in [5, 5.41) is 70.4. The molecule has 88 heavy (non-hydrogen) atoms. The van der Waals surface area contributed by atoms with Crippen LogP contribution in [0.3, 0.4) is 0 Å². The number of ether oxygens (including phenoxy) is 5. The Morgan fingerprint density at radius 1 is 0.500 bits per heavy atom. The third kappa shape index (κ3) is 20.0. The van der Waals surface area contributed by atoms with Crippen LogP contribution >= 0.6 is 27.5 Å². The Morgan fingerprint density at radius 3 is 1.27 bits per heavy atom. The number of nitrogens with one attached hydrogen (secondary N) is 3. The molecule has 4 aromatic heterocycles. The minimum Gasteiger partial charge on any atom is -0.391 e. The molecule has 4 aromatic rings. The van der Waals surface area contributed by atoms with E-state index < -0.39 is 165 Å². The van der Waals surface area contributed by atoms with Crippen molar-refractivity contribution in [1.29, 1.82) is 0 Å². The summed E-state index contributed by atoms with van der Waals surface area (Å²) in [5.74, 6) is -0.218. The van der Waals surface area contributed by atoms with E-state index in [4.69, 9.17) is 28.8 Å². The fourth-order valence-corrected chi connectivity index (χ4v) is 13.9. The van der Waals surface area contributed by atoms with E-state index in [1.807, 2.05) is 6.92 Å². The lowest BCUT2D eigenvalue weighted by molar-refractivity contribution is -0.0541. The van der Waals surface area contributed by atoms with E-state index in [1.54, 1.807) is 0 Å². The van der Waals surface area contributed by atoms with Gasteiger partial charge in [0.25, 0.3) is 22.2 Å². The Bertz CT molecular complexity index is 3720. The first kappa shape index (κ1) is 74.2. The molecule has 0 aromatic carbocycles. The van der Waals surface area contributed by atoms with Crippen LogP contribution in [0, 0.1) is 5.92 Å². The van der Waals surface area contributed by atoms with E-state index in [1.165, 1.54) is 60.1 Å². The van der Waals surface area contributed by atoms with Crippen LogP contribution < -0.4 is 45.0 Å². The van der Waals surface area contributed by atoms with Crippen LogP contribution in [0.2, 0.25) is 0 Å². The first-order valence-electron chi connectivity index (χ1n) is 28.5. The van der Waals surface area contributed by atoms with Crippen LogP contribution in [-0.2, 0) is 37.3 Å². The molecule has 0 amide bonds. The first-order chi connectivity index (χ1) is 40.7. The molecule has 0 bridgehead atoms. The van der Waals surface area contributed by atoms with E-state index in [0.29, 0.717) is 19.3 Å². The van der Waals surface area contributed by atoms with Crippen LogP contribution in [0.4, 0.5) is 0 Å². The molecule has 0 saturated carbocycles. The summed E-state index contributed by atoms with van der Waals surface area (Å²) in [4.78, 5) is 99.4. The number of aromatic amines is 3. The lowest BCUT2D eigenvalue weighted by Gasteiger charge is -2.20. The molecule has 10 N–H and O–H groups in total. The highest BCUT2D eigenvalue weighted by Crippen LogP contribution is 2.43. The van der Waals surface area contributed by atoms with Gasteiger partial charge in [-0.15, -0.1) is 52.7 Å². The second-order valence-electron chi connectivity index (χ2n) is 25.5. The number of aliphatic hydroxyl groups excluding tert-OH is 7. The number of hydrogen-bond donors (Lipinski definition) is 10. The zero-order valence-corrected chi connectivity index (χ0v) is 55.5. The second-order valence-corrected chi connectivity index (χ2v) is 42.7. The maximum absolute atomic E-state index is 12.1. The lowest BCUT2D eigenvalue weighted by Crippen LogP contribution is -2.41. The van der Waals surface area contributed by atoms with Gasteiger partial charge >= 0.3 is 22.8 Å². The van der Waals surface area contributed by atoms with E-state index in [0.717, 1.165) is 51.0 Å². The maximum atomic E-state index is 12.1. The first-order valence-corrected chi connectivity index (χ1v) is 40.7. The average molecular weight is 1320 g/mol. The standard InChI is InChI=1S/C14H23N2O6P.2C14H23N2O5P.C14H23N2O4P/c1-23(2,3)5-4-9-10(18)11(19)13(22-9)16-6-8(7-17)12(20)15-14(16)21;1-20-12-11(18)9(6-8-22(2,3)4)21-13(12)16-7-5-10(17)15-14(16)19;1-15-10(17)5-7-16(14(15)20)13-12(19)11(18)9(21-13)6-8-22(2,3)4;1-9-12(18)10(6-8-21(2,3)4)20-13(9)16-7-5-11(17)15-14(16)19/h6,9-11,13,17-19H,1,4-5,7H2,2-3H3,(H,15,20,21);5,7,9,11-13,18H,2,6,8H2,1,3-4H3,(H,15,17,19);5,7,9,11-13,18-19H,2,6,8H2,1,3-4H3;5,7,9-10,12-13,18H,2,6,8H2,1,3-4H3,(H,15,17,19)/t9-,10-,11-,13?;2*9-,11-,12-,13?;9-,10-,12+,13?/m1111/s1. The second kappa shape index (κ2) is 30.7. The molecule has 496 valence electrons. The third-order valence-corrected chi connectivity index (χ3v) is 21.1. The number of hydrogen-bond acceptors (Lipinski definition) is 20. The summed E-state index contributed by atoms with van der Waals surface area (Å²) in [6, 6.07) is 3.74. The molecule has 28 nitrogen and oxygen atoms in total. The van der Waals surface area contributed by atoms with Crippen molar-refractivity contribution in [3.8, 4) is 0 Å². The molecular formula is C56H92N8O20P4. The van der Waals surface area contributed by atoms with Crippen LogP contribution in [0.15, 0.2) is 81.3 Å². The molecular weight excluding hydrogens is 1230 g/mol. The minimum absolute atomic E-state index is 0.0249. The van der Waals surface area contributed by atoms with Gasteiger partial charge in [0.2, 0.25) is 0 Å². The SMILES string of the molecule is C=P(C)(C)CC[C@H]1OC(n2cc(CO)c(=O)[nH]c2=O)[C@H](O)[C@@H]1O.C=P(C)(C)CC[C@H]1OC(n2ccc(=O)[nH]c2=O)[C@H](C)[C@@H]1O.C=P(C)(C)CC[C@H]1OC(n2ccc(=O)[nH]c2=O)[C@H](OC)[C@@H]1O.C=P(C)(C)CC[C@H]1OC(n2ccc(=O)n(C)c2=O)[C@H](O)[C@@H]1O. The molecule has 4 fully saturated rings.